The number of nitriles is 1. The molecular formula is C15H10ClN3OS. The number of nitrogens with one attached hydrogen (secondary N) is 1. The molecule has 0 bridgehead atoms. The number of anilines is 2. The SMILES string of the molecule is COc1cc(C#N)ccc1Nc1nc2cccc(Cl)c2s1. The van der Waals surface area contributed by atoms with Crippen LogP contribution in [-0.2, 0) is 0 Å². The number of nitrogens with zero attached hydrogens (tertiary/aromatic N) is 2. The van der Waals surface area contributed by atoms with E-state index in [9.17, 15) is 0 Å². The molecule has 21 heavy (non-hydrogen) atoms. The highest BCUT2D eigenvalue weighted by atomic mass is 35.5. The average Bonchev–Trinajstić information content (AvgIpc) is 2.91. The van der Waals surface area contributed by atoms with Gasteiger partial charge in [0.25, 0.3) is 0 Å². The first kappa shape index (κ1) is 13.7. The van der Waals surface area contributed by atoms with Crippen LogP contribution in [0.5, 0.6) is 5.75 Å². The number of aromatic nitrogens is 1. The van der Waals surface area contributed by atoms with Crippen molar-refractivity contribution in [1.82, 2.24) is 4.98 Å². The number of halogens is 1. The molecule has 0 radical (unpaired) electrons. The van der Waals surface area contributed by atoms with Gasteiger partial charge in [0.1, 0.15) is 5.75 Å². The first-order valence-electron chi connectivity index (χ1n) is 6.11. The van der Waals surface area contributed by atoms with Gasteiger partial charge in [-0.1, -0.05) is 29.0 Å². The second-order valence-electron chi connectivity index (χ2n) is 4.26. The van der Waals surface area contributed by atoms with E-state index in [1.807, 2.05) is 18.2 Å². The van der Waals surface area contributed by atoms with Crippen LogP contribution >= 0.6 is 22.9 Å². The molecule has 0 saturated carbocycles. The highest BCUT2D eigenvalue weighted by molar-refractivity contribution is 7.22. The Balaban J connectivity index is 1.99. The minimum Gasteiger partial charge on any atom is -0.495 e. The van der Waals surface area contributed by atoms with Crippen molar-refractivity contribution in [3.63, 3.8) is 0 Å². The van der Waals surface area contributed by atoms with Crippen LogP contribution in [0, 0.1) is 11.3 Å². The monoisotopic (exact) mass is 315 g/mol. The fraction of sp³-hybridized carbons (Fsp3) is 0.0667. The van der Waals surface area contributed by atoms with Crippen molar-refractivity contribution in [2.75, 3.05) is 12.4 Å². The molecule has 6 heteroatoms. The normalized spacial score (nSPS) is 10.3. The Kier molecular flexibility index (Phi) is 3.65. The molecular weight excluding hydrogens is 306 g/mol. The molecule has 0 saturated heterocycles. The van der Waals surface area contributed by atoms with Gasteiger partial charge >= 0.3 is 0 Å². The maximum Gasteiger partial charge on any atom is 0.188 e. The molecule has 0 aliphatic carbocycles. The summed E-state index contributed by atoms with van der Waals surface area (Å²) in [6.45, 7) is 0. The van der Waals surface area contributed by atoms with Gasteiger partial charge in [-0.25, -0.2) is 4.98 Å². The van der Waals surface area contributed by atoms with Gasteiger partial charge in [-0.2, -0.15) is 5.26 Å². The van der Waals surface area contributed by atoms with Gasteiger partial charge in [0.05, 0.1) is 39.7 Å². The summed E-state index contributed by atoms with van der Waals surface area (Å²) in [6, 6.07) is 12.9. The number of methoxy groups -OCH3 is 1. The highest BCUT2D eigenvalue weighted by Gasteiger charge is 2.10. The van der Waals surface area contributed by atoms with Gasteiger partial charge in [0.2, 0.25) is 0 Å². The van der Waals surface area contributed by atoms with Crippen LogP contribution in [0.3, 0.4) is 0 Å². The smallest absolute Gasteiger partial charge is 0.188 e. The van der Waals surface area contributed by atoms with Crippen LogP contribution < -0.4 is 10.1 Å². The van der Waals surface area contributed by atoms with Crippen molar-refractivity contribution in [3.05, 3.63) is 47.0 Å². The molecule has 0 atom stereocenters. The molecule has 2 aromatic carbocycles. The van der Waals surface area contributed by atoms with Crippen LogP contribution in [0.2, 0.25) is 5.02 Å². The van der Waals surface area contributed by atoms with E-state index in [-0.39, 0.29) is 0 Å². The molecule has 1 aromatic heterocycles. The van der Waals surface area contributed by atoms with E-state index in [0.717, 1.165) is 21.0 Å². The average molecular weight is 316 g/mol. The van der Waals surface area contributed by atoms with Gasteiger partial charge in [-0.3, -0.25) is 0 Å². The van der Waals surface area contributed by atoms with E-state index in [1.165, 1.54) is 11.3 Å². The van der Waals surface area contributed by atoms with Crippen LogP contribution in [0.4, 0.5) is 10.8 Å². The summed E-state index contributed by atoms with van der Waals surface area (Å²) >= 11 is 7.63. The first-order valence-corrected chi connectivity index (χ1v) is 7.31. The van der Waals surface area contributed by atoms with E-state index in [4.69, 9.17) is 21.6 Å². The molecule has 0 fully saturated rings. The molecule has 0 spiro atoms. The molecule has 3 aromatic rings. The van der Waals surface area contributed by atoms with E-state index in [1.54, 1.807) is 25.3 Å². The Morgan fingerprint density at radius 3 is 2.90 bits per heavy atom. The minimum absolute atomic E-state index is 0.546. The summed E-state index contributed by atoms with van der Waals surface area (Å²) in [5, 5.41) is 13.5. The molecule has 0 unspecified atom stereocenters. The zero-order chi connectivity index (χ0) is 14.8. The predicted molar refractivity (Wildman–Crippen MR) is 85.6 cm³/mol. The lowest BCUT2D eigenvalue weighted by Crippen LogP contribution is -1.94. The largest absolute Gasteiger partial charge is 0.495 e. The number of hydrogen-bond acceptors (Lipinski definition) is 5. The number of hydrogen-bond donors (Lipinski definition) is 1. The fourth-order valence-electron chi connectivity index (χ4n) is 1.95. The summed E-state index contributed by atoms with van der Waals surface area (Å²) in [4.78, 5) is 4.49. The lowest BCUT2D eigenvalue weighted by atomic mass is 10.2. The summed E-state index contributed by atoms with van der Waals surface area (Å²) in [5.41, 5.74) is 2.15. The molecule has 0 aliphatic heterocycles. The lowest BCUT2D eigenvalue weighted by Gasteiger charge is -2.08. The zero-order valence-corrected chi connectivity index (χ0v) is 12.6. The number of fused-ring (bicyclic) bond motifs is 1. The molecule has 4 nitrogen and oxygen atoms in total. The van der Waals surface area contributed by atoms with Crippen LogP contribution in [0.15, 0.2) is 36.4 Å². The van der Waals surface area contributed by atoms with Crippen molar-refractivity contribution in [2.45, 2.75) is 0 Å². The lowest BCUT2D eigenvalue weighted by molar-refractivity contribution is 0.416. The van der Waals surface area contributed by atoms with Crippen LogP contribution in [0.25, 0.3) is 10.2 Å². The Morgan fingerprint density at radius 1 is 1.33 bits per heavy atom. The summed E-state index contributed by atoms with van der Waals surface area (Å²) in [7, 11) is 1.57. The number of rotatable bonds is 3. The Morgan fingerprint density at radius 2 is 2.19 bits per heavy atom. The Labute approximate surface area is 130 Å². The second kappa shape index (κ2) is 5.60. The van der Waals surface area contributed by atoms with Crippen LogP contribution in [-0.4, -0.2) is 12.1 Å². The van der Waals surface area contributed by atoms with E-state index < -0.39 is 0 Å². The molecule has 0 amide bonds. The molecule has 3 rings (SSSR count). The predicted octanol–water partition coefficient (Wildman–Crippen LogP) is 4.57. The summed E-state index contributed by atoms with van der Waals surface area (Å²) in [5.74, 6) is 0.597. The van der Waals surface area contributed by atoms with Gasteiger partial charge in [-0.15, -0.1) is 0 Å². The zero-order valence-electron chi connectivity index (χ0n) is 11.1. The van der Waals surface area contributed by atoms with Crippen molar-refractivity contribution >= 4 is 44.0 Å². The van der Waals surface area contributed by atoms with Gasteiger partial charge in [-0.05, 0) is 24.3 Å². The Hall–Kier alpha value is -2.29. The van der Waals surface area contributed by atoms with Crippen molar-refractivity contribution in [3.8, 4) is 11.8 Å². The summed E-state index contributed by atoms with van der Waals surface area (Å²) < 4.78 is 6.23. The van der Waals surface area contributed by atoms with Crippen molar-refractivity contribution < 1.29 is 4.74 Å². The fourth-order valence-corrected chi connectivity index (χ4v) is 3.12. The third-order valence-electron chi connectivity index (χ3n) is 2.94. The molecule has 1 N–H and O–H groups in total. The van der Waals surface area contributed by atoms with Crippen LogP contribution in [0.1, 0.15) is 5.56 Å². The third kappa shape index (κ3) is 2.64. The number of thiazole rings is 1. The van der Waals surface area contributed by atoms with Crippen molar-refractivity contribution in [1.29, 1.82) is 5.26 Å². The van der Waals surface area contributed by atoms with Gasteiger partial charge in [0, 0.05) is 6.07 Å². The third-order valence-corrected chi connectivity index (χ3v) is 4.39. The maximum atomic E-state index is 8.91. The molecule has 104 valence electrons. The standard InChI is InChI=1S/C15H10ClN3OS/c1-20-13-7-9(8-17)5-6-11(13)18-15-19-12-4-2-3-10(16)14(12)21-15/h2-7H,1H3,(H,18,19). The van der Waals surface area contributed by atoms with Crippen molar-refractivity contribution in [2.24, 2.45) is 0 Å². The first-order chi connectivity index (χ1) is 10.2. The quantitative estimate of drug-likeness (QED) is 0.769. The molecule has 1 heterocycles. The molecule has 0 aliphatic rings. The van der Waals surface area contributed by atoms with Gasteiger partial charge < -0.3 is 10.1 Å². The number of benzene rings is 2. The van der Waals surface area contributed by atoms with E-state index in [0.29, 0.717) is 16.3 Å². The highest BCUT2D eigenvalue weighted by Crippen LogP contribution is 2.35. The Bertz CT molecular complexity index is 854. The van der Waals surface area contributed by atoms with E-state index in [2.05, 4.69) is 16.4 Å². The van der Waals surface area contributed by atoms with E-state index >= 15 is 0 Å². The topological polar surface area (TPSA) is 57.9 Å². The maximum absolute atomic E-state index is 8.91. The number of ether oxygens (including phenoxy) is 1. The summed E-state index contributed by atoms with van der Waals surface area (Å²) in [6.07, 6.45) is 0. The minimum atomic E-state index is 0.546. The van der Waals surface area contributed by atoms with Gasteiger partial charge in [0.15, 0.2) is 5.13 Å². The second-order valence-corrected chi connectivity index (χ2v) is 5.67.